The van der Waals surface area contributed by atoms with Gasteiger partial charge in [-0.25, -0.2) is 0 Å². The summed E-state index contributed by atoms with van der Waals surface area (Å²) in [6, 6.07) is 10.8. The molecule has 0 saturated carbocycles. The zero-order valence-corrected chi connectivity index (χ0v) is 11.5. The molecule has 0 amide bonds. The molecule has 0 spiro atoms. The maximum Gasteiger partial charge on any atom is 0.103 e. The van der Waals surface area contributed by atoms with Gasteiger partial charge in [0.25, 0.3) is 0 Å². The van der Waals surface area contributed by atoms with Crippen LogP contribution in [0.25, 0.3) is 11.3 Å². The van der Waals surface area contributed by atoms with Crippen molar-refractivity contribution in [1.82, 2.24) is 0 Å². The van der Waals surface area contributed by atoms with Crippen LogP contribution in [-0.2, 0) is 0 Å². The minimum Gasteiger partial charge on any atom is -0.397 e. The van der Waals surface area contributed by atoms with Gasteiger partial charge in [0.2, 0.25) is 0 Å². The van der Waals surface area contributed by atoms with Gasteiger partial charge >= 0.3 is 0 Å². The topological polar surface area (TPSA) is 49.8 Å². The molecule has 2 rings (SSSR count). The second kappa shape index (κ2) is 5.45. The number of hydrogen-bond acceptors (Lipinski definition) is 3. The first kappa shape index (κ1) is 13.0. The molecule has 0 saturated heterocycles. The van der Waals surface area contributed by atoms with Gasteiger partial charge in [-0.05, 0) is 29.6 Å². The Morgan fingerprint density at radius 3 is 2.39 bits per heavy atom. The van der Waals surface area contributed by atoms with E-state index in [1.54, 1.807) is 18.2 Å². The lowest BCUT2D eigenvalue weighted by Crippen LogP contribution is -2.00. The predicted molar refractivity (Wildman–Crippen MR) is 77.4 cm³/mol. The van der Waals surface area contributed by atoms with E-state index in [-0.39, 0.29) is 0 Å². The first-order valence-corrected chi connectivity index (χ1v) is 6.65. The van der Waals surface area contributed by atoms with Crippen LogP contribution >= 0.6 is 34.5 Å². The highest BCUT2D eigenvalue weighted by Crippen LogP contribution is 2.28. The van der Waals surface area contributed by atoms with Crippen molar-refractivity contribution in [2.75, 3.05) is 0 Å². The zero-order valence-electron chi connectivity index (χ0n) is 9.15. The van der Waals surface area contributed by atoms with Crippen LogP contribution in [0.5, 0.6) is 0 Å². The molecule has 0 aliphatic heterocycles. The quantitative estimate of drug-likeness (QED) is 0.834. The Labute approximate surface area is 119 Å². The first-order valence-electron chi connectivity index (χ1n) is 5.02. The minimum atomic E-state index is 0.379. The molecule has 0 unspecified atom stereocenters. The molecule has 2 aromatic rings. The normalized spacial score (nSPS) is 11.8. The van der Waals surface area contributed by atoms with Gasteiger partial charge in [-0.3, -0.25) is 0 Å². The number of halogens is 2. The Bertz CT molecular complexity index is 619. The Balaban J connectivity index is 2.58. The van der Waals surface area contributed by atoms with E-state index in [0.29, 0.717) is 26.9 Å². The SMILES string of the molecule is N#C/C(=C(/N)c1cc(Cl)cc(Cl)c1)c1cccs1. The summed E-state index contributed by atoms with van der Waals surface area (Å²) in [4.78, 5) is 0.825. The van der Waals surface area contributed by atoms with Crippen molar-refractivity contribution >= 4 is 45.8 Å². The summed E-state index contributed by atoms with van der Waals surface area (Å²) >= 11 is 13.3. The van der Waals surface area contributed by atoms with Gasteiger partial charge in [0, 0.05) is 20.5 Å². The van der Waals surface area contributed by atoms with E-state index in [1.165, 1.54) is 11.3 Å². The Morgan fingerprint density at radius 2 is 1.89 bits per heavy atom. The number of benzene rings is 1. The summed E-state index contributed by atoms with van der Waals surface area (Å²) in [6.45, 7) is 0. The number of allylic oxidation sites excluding steroid dienone is 1. The standard InChI is InChI=1S/C13H8Cl2N2S/c14-9-4-8(5-10(15)6-9)13(17)11(7-16)12-2-1-3-18-12/h1-6H,17H2/b13-11-. The molecule has 5 heteroatoms. The van der Waals surface area contributed by atoms with Crippen molar-refractivity contribution in [1.29, 1.82) is 5.26 Å². The van der Waals surface area contributed by atoms with Crippen LogP contribution in [0.15, 0.2) is 35.7 Å². The van der Waals surface area contributed by atoms with Gasteiger partial charge < -0.3 is 5.73 Å². The van der Waals surface area contributed by atoms with Crippen LogP contribution in [-0.4, -0.2) is 0 Å². The average molecular weight is 295 g/mol. The summed E-state index contributed by atoms with van der Waals surface area (Å²) in [7, 11) is 0. The second-order valence-electron chi connectivity index (χ2n) is 3.54. The largest absolute Gasteiger partial charge is 0.397 e. The number of nitrogens with zero attached hydrogens (tertiary/aromatic N) is 1. The van der Waals surface area contributed by atoms with Crippen molar-refractivity contribution in [3.05, 3.63) is 56.2 Å². The highest BCUT2D eigenvalue weighted by Gasteiger charge is 2.10. The monoisotopic (exact) mass is 294 g/mol. The molecule has 2 nitrogen and oxygen atoms in total. The smallest absolute Gasteiger partial charge is 0.103 e. The van der Waals surface area contributed by atoms with Crippen LogP contribution in [0.4, 0.5) is 0 Å². The molecule has 1 aromatic heterocycles. The highest BCUT2D eigenvalue weighted by molar-refractivity contribution is 7.11. The molecular weight excluding hydrogens is 287 g/mol. The molecule has 0 aliphatic rings. The van der Waals surface area contributed by atoms with Gasteiger partial charge in [-0.15, -0.1) is 11.3 Å². The number of hydrogen-bond donors (Lipinski definition) is 1. The lowest BCUT2D eigenvalue weighted by Gasteiger charge is -2.06. The van der Waals surface area contributed by atoms with E-state index >= 15 is 0 Å². The average Bonchev–Trinajstić information content (AvgIpc) is 2.82. The van der Waals surface area contributed by atoms with E-state index in [1.807, 2.05) is 17.5 Å². The van der Waals surface area contributed by atoms with Gasteiger partial charge in [-0.1, -0.05) is 29.3 Å². The fourth-order valence-electron chi connectivity index (χ4n) is 1.52. The summed E-state index contributed by atoms with van der Waals surface area (Å²) in [5.74, 6) is 0. The van der Waals surface area contributed by atoms with Crippen molar-refractivity contribution in [2.45, 2.75) is 0 Å². The van der Waals surface area contributed by atoms with E-state index in [0.717, 1.165) is 4.88 Å². The molecule has 0 radical (unpaired) electrons. The maximum absolute atomic E-state index is 9.22. The van der Waals surface area contributed by atoms with Gasteiger partial charge in [0.05, 0.1) is 11.3 Å². The third kappa shape index (κ3) is 2.68. The molecule has 2 N–H and O–H groups in total. The highest BCUT2D eigenvalue weighted by atomic mass is 35.5. The van der Waals surface area contributed by atoms with E-state index in [9.17, 15) is 5.26 Å². The summed E-state index contributed by atoms with van der Waals surface area (Å²) in [5.41, 5.74) is 7.49. The molecule has 0 fully saturated rings. The van der Waals surface area contributed by atoms with Crippen LogP contribution in [0, 0.1) is 11.3 Å². The number of rotatable bonds is 2. The molecule has 18 heavy (non-hydrogen) atoms. The van der Waals surface area contributed by atoms with E-state index in [4.69, 9.17) is 28.9 Å². The van der Waals surface area contributed by atoms with Crippen molar-refractivity contribution < 1.29 is 0 Å². The van der Waals surface area contributed by atoms with Crippen LogP contribution in [0.2, 0.25) is 10.0 Å². The van der Waals surface area contributed by atoms with Crippen LogP contribution in [0.1, 0.15) is 10.4 Å². The molecule has 0 bridgehead atoms. The third-order valence-electron chi connectivity index (χ3n) is 2.32. The van der Waals surface area contributed by atoms with E-state index < -0.39 is 0 Å². The fraction of sp³-hybridized carbons (Fsp3) is 0. The lowest BCUT2D eigenvalue weighted by atomic mass is 10.1. The Morgan fingerprint density at radius 1 is 1.22 bits per heavy atom. The minimum absolute atomic E-state index is 0.379. The van der Waals surface area contributed by atoms with Gasteiger partial charge in [0.15, 0.2) is 0 Å². The fourth-order valence-corrected chi connectivity index (χ4v) is 2.78. The predicted octanol–water partition coefficient (Wildman–Crippen LogP) is 4.41. The van der Waals surface area contributed by atoms with Crippen LogP contribution in [0.3, 0.4) is 0 Å². The van der Waals surface area contributed by atoms with Crippen molar-refractivity contribution in [3.8, 4) is 6.07 Å². The number of nitrogens with two attached hydrogens (primary N) is 1. The van der Waals surface area contributed by atoms with E-state index in [2.05, 4.69) is 6.07 Å². The molecular formula is C13H8Cl2N2S. The summed E-state index contributed by atoms with van der Waals surface area (Å²) in [6.07, 6.45) is 0. The van der Waals surface area contributed by atoms with Crippen LogP contribution < -0.4 is 5.73 Å². The van der Waals surface area contributed by atoms with Gasteiger partial charge in [-0.2, -0.15) is 5.26 Å². The number of nitriles is 1. The third-order valence-corrected chi connectivity index (χ3v) is 3.65. The maximum atomic E-state index is 9.22. The van der Waals surface area contributed by atoms with Crippen molar-refractivity contribution in [2.24, 2.45) is 5.73 Å². The molecule has 90 valence electrons. The Kier molecular flexibility index (Phi) is 3.93. The summed E-state index contributed by atoms with van der Waals surface area (Å²) < 4.78 is 0. The van der Waals surface area contributed by atoms with Crippen molar-refractivity contribution in [3.63, 3.8) is 0 Å². The molecule has 0 atom stereocenters. The first-order chi connectivity index (χ1) is 8.61. The molecule has 1 heterocycles. The lowest BCUT2D eigenvalue weighted by molar-refractivity contribution is 1.49. The number of thiophene rings is 1. The van der Waals surface area contributed by atoms with Gasteiger partial charge in [0.1, 0.15) is 6.07 Å². The zero-order chi connectivity index (χ0) is 13.1. The molecule has 0 aliphatic carbocycles. The Hall–Kier alpha value is -1.47. The summed E-state index contributed by atoms with van der Waals surface area (Å²) in [5, 5.41) is 12.1. The second-order valence-corrected chi connectivity index (χ2v) is 5.36. The molecule has 1 aromatic carbocycles.